The summed E-state index contributed by atoms with van der Waals surface area (Å²) >= 11 is 0. The molecule has 0 saturated carbocycles. The van der Waals surface area contributed by atoms with E-state index in [2.05, 4.69) is 5.32 Å². The molecule has 0 atom stereocenters. The van der Waals surface area contributed by atoms with Gasteiger partial charge in [-0.3, -0.25) is 4.79 Å². The summed E-state index contributed by atoms with van der Waals surface area (Å²) in [5.41, 5.74) is 5.32. The van der Waals surface area contributed by atoms with Gasteiger partial charge in [0.15, 0.2) is 0 Å². The topological polar surface area (TPSA) is 55.1 Å². The van der Waals surface area contributed by atoms with E-state index in [0.717, 1.165) is 32.4 Å². The van der Waals surface area contributed by atoms with Crippen LogP contribution in [0, 0.1) is 0 Å². The maximum Gasteiger partial charge on any atom is 0.243 e. The first kappa shape index (κ1) is 11.2. The highest BCUT2D eigenvalue weighted by atomic mass is 16.1. The highest BCUT2D eigenvalue weighted by Gasteiger charge is 1.92. The van der Waals surface area contributed by atoms with Crippen molar-refractivity contribution in [2.45, 2.75) is 26.2 Å². The summed E-state index contributed by atoms with van der Waals surface area (Å²) in [5.74, 6) is -0.00903. The van der Waals surface area contributed by atoms with Crippen LogP contribution in [0.4, 0.5) is 0 Å². The first-order valence-corrected chi connectivity index (χ1v) is 4.42. The summed E-state index contributed by atoms with van der Waals surface area (Å²) < 4.78 is 0. The van der Waals surface area contributed by atoms with Crippen LogP contribution in [0.25, 0.3) is 0 Å². The van der Waals surface area contributed by atoms with Gasteiger partial charge in [-0.1, -0.05) is 12.5 Å². The molecule has 0 unspecified atom stereocenters. The smallest absolute Gasteiger partial charge is 0.243 e. The minimum absolute atomic E-state index is 0.00903. The van der Waals surface area contributed by atoms with Gasteiger partial charge in [0.1, 0.15) is 0 Å². The van der Waals surface area contributed by atoms with E-state index < -0.39 is 0 Å². The van der Waals surface area contributed by atoms with Crippen LogP contribution in [0.15, 0.2) is 12.2 Å². The van der Waals surface area contributed by atoms with Crippen molar-refractivity contribution in [3.8, 4) is 0 Å². The molecule has 0 aromatic heterocycles. The van der Waals surface area contributed by atoms with Crippen molar-refractivity contribution < 1.29 is 4.79 Å². The standard InChI is InChI=1S/C9H18N2O/c1-2-6-9(12)11-8-5-3-4-7-10/h2,6H,3-5,7-8,10H2,1H3,(H,11,12)/b6-2+. The molecule has 3 N–H and O–H groups in total. The minimum Gasteiger partial charge on any atom is -0.353 e. The molecule has 0 radical (unpaired) electrons. The Labute approximate surface area is 74.0 Å². The Bertz CT molecular complexity index is 143. The number of unbranched alkanes of at least 4 members (excludes halogenated alkanes) is 2. The van der Waals surface area contributed by atoms with Gasteiger partial charge in [0.05, 0.1) is 0 Å². The monoisotopic (exact) mass is 170 g/mol. The van der Waals surface area contributed by atoms with Gasteiger partial charge in [0.2, 0.25) is 5.91 Å². The molecule has 0 spiro atoms. The van der Waals surface area contributed by atoms with E-state index in [-0.39, 0.29) is 5.91 Å². The van der Waals surface area contributed by atoms with Gasteiger partial charge in [-0.15, -0.1) is 0 Å². The predicted molar refractivity (Wildman–Crippen MR) is 50.7 cm³/mol. The molecule has 0 aliphatic carbocycles. The Kier molecular flexibility index (Phi) is 7.70. The van der Waals surface area contributed by atoms with Crippen LogP contribution in [-0.4, -0.2) is 19.0 Å². The predicted octanol–water partition coefficient (Wildman–Crippen LogP) is 0.808. The van der Waals surface area contributed by atoms with Gasteiger partial charge in [0, 0.05) is 6.54 Å². The van der Waals surface area contributed by atoms with E-state index in [1.165, 1.54) is 6.08 Å². The molecule has 0 aliphatic rings. The maximum atomic E-state index is 10.9. The van der Waals surface area contributed by atoms with Gasteiger partial charge in [-0.05, 0) is 32.4 Å². The Hall–Kier alpha value is -0.830. The molecule has 3 nitrogen and oxygen atoms in total. The Morgan fingerprint density at radius 1 is 1.42 bits per heavy atom. The number of allylic oxidation sites excluding steroid dienone is 1. The van der Waals surface area contributed by atoms with Crippen LogP contribution in [-0.2, 0) is 4.79 Å². The number of carbonyl (C=O) groups is 1. The second-order valence-electron chi connectivity index (χ2n) is 2.64. The molecule has 0 aromatic carbocycles. The van der Waals surface area contributed by atoms with Crippen molar-refractivity contribution in [3.05, 3.63) is 12.2 Å². The second kappa shape index (κ2) is 8.27. The molecule has 3 heteroatoms. The number of carbonyl (C=O) groups excluding carboxylic acids is 1. The Morgan fingerprint density at radius 2 is 2.17 bits per heavy atom. The lowest BCUT2D eigenvalue weighted by atomic mass is 10.2. The lowest BCUT2D eigenvalue weighted by Crippen LogP contribution is -2.22. The molecule has 0 aromatic rings. The highest BCUT2D eigenvalue weighted by Crippen LogP contribution is 1.90. The molecule has 70 valence electrons. The molecular weight excluding hydrogens is 152 g/mol. The van der Waals surface area contributed by atoms with E-state index in [4.69, 9.17) is 5.73 Å². The molecule has 0 rings (SSSR count). The van der Waals surface area contributed by atoms with Crippen molar-refractivity contribution in [1.82, 2.24) is 5.32 Å². The Morgan fingerprint density at radius 3 is 2.75 bits per heavy atom. The van der Waals surface area contributed by atoms with Gasteiger partial charge >= 0.3 is 0 Å². The summed E-state index contributed by atoms with van der Waals surface area (Å²) in [6, 6.07) is 0. The average Bonchev–Trinajstić information content (AvgIpc) is 2.05. The molecule has 1 amide bonds. The minimum atomic E-state index is -0.00903. The summed E-state index contributed by atoms with van der Waals surface area (Å²) in [6.07, 6.45) is 6.41. The average molecular weight is 170 g/mol. The van der Waals surface area contributed by atoms with Gasteiger partial charge in [-0.2, -0.15) is 0 Å². The third-order valence-corrected chi connectivity index (χ3v) is 1.50. The van der Waals surface area contributed by atoms with Crippen LogP contribution in [0.2, 0.25) is 0 Å². The number of nitrogens with two attached hydrogens (primary N) is 1. The molecular formula is C9H18N2O. The quantitative estimate of drug-likeness (QED) is 0.458. The van der Waals surface area contributed by atoms with Crippen molar-refractivity contribution >= 4 is 5.91 Å². The van der Waals surface area contributed by atoms with Crippen molar-refractivity contribution in [3.63, 3.8) is 0 Å². The van der Waals surface area contributed by atoms with E-state index in [9.17, 15) is 4.79 Å². The second-order valence-corrected chi connectivity index (χ2v) is 2.64. The summed E-state index contributed by atoms with van der Waals surface area (Å²) in [6.45, 7) is 3.32. The van der Waals surface area contributed by atoms with Crippen LogP contribution >= 0.6 is 0 Å². The zero-order valence-electron chi connectivity index (χ0n) is 7.68. The Balaban J connectivity index is 3.14. The molecule has 0 aliphatic heterocycles. The zero-order chi connectivity index (χ0) is 9.23. The largest absolute Gasteiger partial charge is 0.353 e. The van der Waals surface area contributed by atoms with Crippen LogP contribution in [0.3, 0.4) is 0 Å². The number of amides is 1. The zero-order valence-corrected chi connectivity index (χ0v) is 7.68. The van der Waals surface area contributed by atoms with Crippen molar-refractivity contribution in [2.75, 3.05) is 13.1 Å². The van der Waals surface area contributed by atoms with E-state index in [0.29, 0.717) is 0 Å². The molecule has 0 saturated heterocycles. The van der Waals surface area contributed by atoms with Gasteiger partial charge in [-0.25, -0.2) is 0 Å². The fourth-order valence-corrected chi connectivity index (χ4v) is 0.868. The normalized spacial score (nSPS) is 10.5. The molecule has 0 heterocycles. The lowest BCUT2D eigenvalue weighted by molar-refractivity contribution is -0.116. The van der Waals surface area contributed by atoms with Crippen molar-refractivity contribution in [2.24, 2.45) is 5.73 Å². The van der Waals surface area contributed by atoms with Crippen LogP contribution in [0.5, 0.6) is 0 Å². The first-order valence-electron chi connectivity index (χ1n) is 4.42. The molecule has 0 fully saturated rings. The van der Waals surface area contributed by atoms with Crippen molar-refractivity contribution in [1.29, 1.82) is 0 Å². The number of hydrogen-bond acceptors (Lipinski definition) is 2. The number of nitrogens with one attached hydrogen (secondary N) is 1. The molecule has 0 bridgehead atoms. The fourth-order valence-electron chi connectivity index (χ4n) is 0.868. The van der Waals surface area contributed by atoms with Gasteiger partial charge < -0.3 is 11.1 Å². The summed E-state index contributed by atoms with van der Waals surface area (Å²) in [5, 5.41) is 2.78. The number of hydrogen-bond donors (Lipinski definition) is 2. The van der Waals surface area contributed by atoms with E-state index in [1.54, 1.807) is 6.08 Å². The third kappa shape index (κ3) is 7.28. The SMILES string of the molecule is C/C=C/C(=O)NCCCCCN. The first-order chi connectivity index (χ1) is 5.81. The van der Waals surface area contributed by atoms with Crippen LogP contribution in [0.1, 0.15) is 26.2 Å². The summed E-state index contributed by atoms with van der Waals surface area (Å²) in [4.78, 5) is 10.9. The molecule has 12 heavy (non-hydrogen) atoms. The highest BCUT2D eigenvalue weighted by molar-refractivity contribution is 5.87. The third-order valence-electron chi connectivity index (χ3n) is 1.50. The lowest BCUT2D eigenvalue weighted by Gasteiger charge is -2.00. The fraction of sp³-hybridized carbons (Fsp3) is 0.667. The maximum absolute atomic E-state index is 10.9. The summed E-state index contributed by atoms with van der Waals surface area (Å²) in [7, 11) is 0. The van der Waals surface area contributed by atoms with Crippen LogP contribution < -0.4 is 11.1 Å². The van der Waals surface area contributed by atoms with Gasteiger partial charge in [0.25, 0.3) is 0 Å². The van der Waals surface area contributed by atoms with E-state index in [1.807, 2.05) is 6.92 Å². The number of rotatable bonds is 6. The van der Waals surface area contributed by atoms with E-state index >= 15 is 0 Å².